The van der Waals surface area contributed by atoms with E-state index < -0.39 is 10.4 Å². The van der Waals surface area contributed by atoms with Gasteiger partial charge in [0.05, 0.1) is 18.1 Å². The molecule has 1 aromatic heterocycles. The summed E-state index contributed by atoms with van der Waals surface area (Å²) in [5, 5.41) is 0.184. The van der Waals surface area contributed by atoms with Crippen molar-refractivity contribution in [3.8, 4) is 22.6 Å². The minimum absolute atomic E-state index is 0. The number of benzene rings is 2. The maximum Gasteiger partial charge on any atom is 1.00 e. The standard InChI is InChI=1S/C16H13NO7S.Na/c1-22-9-2-4-11(14(17)6-9)13-8-23-15-7-10(24-25(19,20)21)3-5-12(15)16(13)18;/h2-8H,17H2,1H3,(H,19,20,21);/q;+1/p-1. The second kappa shape index (κ2) is 7.68. The fourth-order valence-electron chi connectivity index (χ4n) is 2.38. The number of hydrogen-bond donors (Lipinski definition) is 1. The van der Waals surface area contributed by atoms with Crippen molar-refractivity contribution in [2.45, 2.75) is 0 Å². The zero-order valence-electron chi connectivity index (χ0n) is 13.9. The van der Waals surface area contributed by atoms with Crippen LogP contribution in [0.2, 0.25) is 0 Å². The molecule has 0 aliphatic heterocycles. The molecule has 0 aliphatic carbocycles. The Morgan fingerprint density at radius 3 is 2.38 bits per heavy atom. The topological polar surface area (TPSA) is 132 Å². The van der Waals surface area contributed by atoms with Crippen molar-refractivity contribution in [2.24, 2.45) is 0 Å². The van der Waals surface area contributed by atoms with E-state index in [0.717, 1.165) is 6.07 Å². The SMILES string of the molecule is COc1ccc(-c2coc3cc(OS(=O)(=O)[O-])ccc3c2=O)c(N)c1.[Na+]. The van der Waals surface area contributed by atoms with Crippen LogP contribution in [0.25, 0.3) is 22.1 Å². The third-order valence-electron chi connectivity index (χ3n) is 3.49. The smallest absolute Gasteiger partial charge is 0.716 e. The fourth-order valence-corrected chi connectivity index (χ4v) is 2.72. The van der Waals surface area contributed by atoms with Crippen LogP contribution in [0.1, 0.15) is 0 Å². The van der Waals surface area contributed by atoms with E-state index in [0.29, 0.717) is 17.0 Å². The number of anilines is 1. The molecule has 1 heterocycles. The van der Waals surface area contributed by atoms with Gasteiger partial charge in [0.2, 0.25) is 5.43 Å². The minimum Gasteiger partial charge on any atom is -0.716 e. The van der Waals surface area contributed by atoms with Crippen molar-refractivity contribution in [2.75, 3.05) is 12.8 Å². The Bertz CT molecular complexity index is 1130. The number of nitrogens with two attached hydrogens (primary N) is 1. The van der Waals surface area contributed by atoms with Gasteiger partial charge in [0.15, 0.2) is 0 Å². The molecule has 130 valence electrons. The minimum atomic E-state index is -4.92. The van der Waals surface area contributed by atoms with Gasteiger partial charge in [-0.05, 0) is 24.3 Å². The van der Waals surface area contributed by atoms with Gasteiger partial charge in [-0.25, -0.2) is 8.42 Å². The van der Waals surface area contributed by atoms with E-state index in [4.69, 9.17) is 14.9 Å². The van der Waals surface area contributed by atoms with Crippen molar-refractivity contribution >= 4 is 27.1 Å². The third-order valence-corrected chi connectivity index (χ3v) is 3.89. The van der Waals surface area contributed by atoms with Gasteiger partial charge >= 0.3 is 29.6 Å². The monoisotopic (exact) mass is 385 g/mol. The number of hydrogen-bond acceptors (Lipinski definition) is 8. The van der Waals surface area contributed by atoms with Crippen molar-refractivity contribution in [3.63, 3.8) is 0 Å². The normalized spacial score (nSPS) is 11.0. The second-order valence-corrected chi connectivity index (χ2v) is 6.06. The number of methoxy groups -OCH3 is 1. The molecule has 0 amide bonds. The van der Waals surface area contributed by atoms with Gasteiger partial charge in [-0.1, -0.05) is 0 Å². The van der Waals surface area contributed by atoms with Gasteiger partial charge in [0, 0.05) is 23.4 Å². The molecule has 0 fully saturated rings. The molecule has 0 aliphatic rings. The van der Waals surface area contributed by atoms with Crippen molar-refractivity contribution in [3.05, 3.63) is 52.9 Å². The summed E-state index contributed by atoms with van der Waals surface area (Å²) in [6.07, 6.45) is 1.21. The summed E-state index contributed by atoms with van der Waals surface area (Å²) >= 11 is 0. The van der Waals surface area contributed by atoms with Crippen molar-refractivity contribution in [1.82, 2.24) is 0 Å². The van der Waals surface area contributed by atoms with Crippen molar-refractivity contribution in [1.29, 1.82) is 0 Å². The van der Waals surface area contributed by atoms with Gasteiger partial charge in [0.1, 0.15) is 23.3 Å². The zero-order chi connectivity index (χ0) is 18.2. The molecule has 10 heteroatoms. The van der Waals surface area contributed by atoms with Crippen LogP contribution in [0.5, 0.6) is 11.5 Å². The van der Waals surface area contributed by atoms with E-state index in [9.17, 15) is 17.8 Å². The first-order valence-electron chi connectivity index (χ1n) is 6.93. The Morgan fingerprint density at radius 1 is 1.08 bits per heavy atom. The van der Waals surface area contributed by atoms with Gasteiger partial charge in [0.25, 0.3) is 10.4 Å². The molecule has 0 bridgehead atoms. The van der Waals surface area contributed by atoms with Crippen LogP contribution in [-0.4, -0.2) is 20.1 Å². The van der Waals surface area contributed by atoms with Gasteiger partial charge in [-0.15, -0.1) is 0 Å². The average molecular weight is 385 g/mol. The molecule has 3 rings (SSSR count). The molecule has 8 nitrogen and oxygen atoms in total. The molecule has 2 N–H and O–H groups in total. The number of ether oxygens (including phenoxy) is 1. The van der Waals surface area contributed by atoms with Crippen LogP contribution in [0.4, 0.5) is 5.69 Å². The summed E-state index contributed by atoms with van der Waals surface area (Å²) in [7, 11) is -3.42. The quantitative estimate of drug-likeness (QED) is 0.259. The van der Waals surface area contributed by atoms with Crippen LogP contribution in [0.15, 0.2) is 51.9 Å². The fraction of sp³-hybridized carbons (Fsp3) is 0.0625. The third kappa shape index (κ3) is 4.19. The van der Waals surface area contributed by atoms with E-state index in [1.54, 1.807) is 18.2 Å². The Kier molecular flexibility index (Phi) is 5.99. The molecule has 0 saturated carbocycles. The molecule has 0 radical (unpaired) electrons. The van der Waals surface area contributed by atoms with Gasteiger partial charge < -0.3 is 23.6 Å². The molecule has 2 aromatic carbocycles. The molecule has 0 saturated heterocycles. The van der Waals surface area contributed by atoms with Crippen LogP contribution in [0, 0.1) is 0 Å². The van der Waals surface area contributed by atoms with E-state index in [1.807, 2.05) is 0 Å². The first kappa shape index (κ1) is 20.3. The summed E-state index contributed by atoms with van der Waals surface area (Å²) in [5.41, 5.74) is 6.70. The molecule has 26 heavy (non-hydrogen) atoms. The Morgan fingerprint density at radius 2 is 1.77 bits per heavy atom. The number of fused-ring (bicyclic) bond motifs is 1. The van der Waals surface area contributed by atoms with E-state index in [2.05, 4.69) is 4.18 Å². The van der Waals surface area contributed by atoms with Crippen LogP contribution < -0.4 is 49.6 Å². The zero-order valence-corrected chi connectivity index (χ0v) is 16.7. The molecular weight excluding hydrogens is 373 g/mol. The summed E-state index contributed by atoms with van der Waals surface area (Å²) in [5.74, 6) is 0.300. The molecular formula is C16H12NNaO7S. The summed E-state index contributed by atoms with van der Waals surface area (Å²) < 4.78 is 46.6. The molecule has 0 spiro atoms. The maximum atomic E-state index is 12.7. The first-order valence-corrected chi connectivity index (χ1v) is 8.26. The molecule has 0 atom stereocenters. The molecule has 3 aromatic rings. The maximum absolute atomic E-state index is 12.7. The summed E-state index contributed by atoms with van der Waals surface area (Å²) in [6.45, 7) is 0. The average Bonchev–Trinajstić information content (AvgIpc) is 2.54. The van der Waals surface area contributed by atoms with E-state index in [1.165, 1.54) is 25.5 Å². The summed E-state index contributed by atoms with van der Waals surface area (Å²) in [4.78, 5) is 12.7. The largest absolute Gasteiger partial charge is 1.00 e. The number of nitrogen functional groups attached to an aromatic ring is 1. The predicted octanol–water partition coefficient (Wildman–Crippen LogP) is -1.11. The Labute approximate surface area is 170 Å². The Balaban J connectivity index is 0.00000243. The van der Waals surface area contributed by atoms with Crippen LogP contribution in [-0.2, 0) is 10.4 Å². The van der Waals surface area contributed by atoms with E-state index >= 15 is 0 Å². The van der Waals surface area contributed by atoms with E-state index in [-0.39, 0.29) is 57.3 Å². The second-order valence-electron chi connectivity index (χ2n) is 5.08. The molecule has 0 unspecified atom stereocenters. The van der Waals surface area contributed by atoms with Gasteiger partial charge in [-0.3, -0.25) is 4.79 Å². The first-order chi connectivity index (χ1) is 11.8. The Hall–Kier alpha value is -2.04. The van der Waals surface area contributed by atoms with Gasteiger partial charge in [-0.2, -0.15) is 0 Å². The number of rotatable bonds is 4. The summed E-state index contributed by atoms with van der Waals surface area (Å²) in [6, 6.07) is 8.52. The van der Waals surface area contributed by atoms with Crippen molar-refractivity contribution < 1.29 is 55.9 Å². The van der Waals surface area contributed by atoms with Crippen LogP contribution in [0.3, 0.4) is 0 Å². The predicted molar refractivity (Wildman–Crippen MR) is 89.2 cm³/mol. The van der Waals surface area contributed by atoms with Crippen LogP contribution >= 0.6 is 0 Å².